The summed E-state index contributed by atoms with van der Waals surface area (Å²) in [7, 11) is 3.70. The van der Waals surface area contributed by atoms with Crippen molar-refractivity contribution < 1.29 is 14.2 Å². The summed E-state index contributed by atoms with van der Waals surface area (Å²) in [5.74, 6) is 0. The van der Waals surface area contributed by atoms with Gasteiger partial charge in [-0.3, -0.25) is 4.90 Å². The summed E-state index contributed by atoms with van der Waals surface area (Å²) in [5.41, 5.74) is 0. The van der Waals surface area contributed by atoms with Crippen LogP contribution in [0, 0.1) is 0 Å². The van der Waals surface area contributed by atoms with E-state index in [1.165, 1.54) is 19.4 Å². The van der Waals surface area contributed by atoms with E-state index in [0.717, 1.165) is 19.7 Å². The molecule has 108 valence electrons. The molecule has 0 aromatic heterocycles. The molecule has 1 saturated heterocycles. The molecule has 0 amide bonds. The third-order valence-corrected chi connectivity index (χ3v) is 3.27. The lowest BCUT2D eigenvalue weighted by Gasteiger charge is -2.23. The van der Waals surface area contributed by atoms with Crippen molar-refractivity contribution in [3.05, 3.63) is 0 Å². The molecule has 5 heteroatoms. The predicted octanol–water partition coefficient (Wildman–Crippen LogP) is 0.350. The zero-order valence-corrected chi connectivity index (χ0v) is 11.8. The molecule has 1 aliphatic heterocycles. The molecule has 0 spiro atoms. The lowest BCUT2D eigenvalue weighted by Crippen LogP contribution is -2.38. The van der Waals surface area contributed by atoms with Crippen molar-refractivity contribution in [2.75, 3.05) is 66.8 Å². The molecule has 1 N–H and O–H groups in total. The summed E-state index contributed by atoms with van der Waals surface area (Å²) in [4.78, 5) is 2.52. The van der Waals surface area contributed by atoms with Crippen molar-refractivity contribution in [1.29, 1.82) is 0 Å². The van der Waals surface area contributed by atoms with Crippen LogP contribution < -0.4 is 5.32 Å². The van der Waals surface area contributed by atoms with Gasteiger partial charge in [0.2, 0.25) is 0 Å². The van der Waals surface area contributed by atoms with Gasteiger partial charge in [0.15, 0.2) is 0 Å². The Balaban J connectivity index is 1.91. The zero-order chi connectivity index (χ0) is 13.1. The van der Waals surface area contributed by atoms with Gasteiger partial charge in [0.1, 0.15) is 0 Å². The van der Waals surface area contributed by atoms with Crippen LogP contribution in [0.5, 0.6) is 0 Å². The molecule has 1 fully saturated rings. The number of ether oxygens (including phenoxy) is 3. The quantitative estimate of drug-likeness (QED) is 0.543. The van der Waals surface area contributed by atoms with Gasteiger partial charge in [0.05, 0.1) is 33.0 Å². The van der Waals surface area contributed by atoms with E-state index in [1.54, 1.807) is 7.11 Å². The van der Waals surface area contributed by atoms with Crippen molar-refractivity contribution >= 4 is 0 Å². The van der Waals surface area contributed by atoms with Crippen molar-refractivity contribution in [2.45, 2.75) is 18.9 Å². The minimum absolute atomic E-state index is 0.649. The van der Waals surface area contributed by atoms with E-state index in [4.69, 9.17) is 14.2 Å². The van der Waals surface area contributed by atoms with Gasteiger partial charge in [-0.15, -0.1) is 0 Å². The zero-order valence-electron chi connectivity index (χ0n) is 11.8. The van der Waals surface area contributed by atoms with Gasteiger partial charge in [-0.05, 0) is 26.4 Å². The van der Waals surface area contributed by atoms with Gasteiger partial charge in [-0.25, -0.2) is 0 Å². The molecule has 1 atom stereocenters. The molecule has 1 unspecified atom stereocenters. The highest BCUT2D eigenvalue weighted by Crippen LogP contribution is 2.15. The van der Waals surface area contributed by atoms with Crippen LogP contribution in [0.1, 0.15) is 12.8 Å². The van der Waals surface area contributed by atoms with Gasteiger partial charge >= 0.3 is 0 Å². The van der Waals surface area contributed by atoms with Crippen molar-refractivity contribution in [3.63, 3.8) is 0 Å². The summed E-state index contributed by atoms with van der Waals surface area (Å²) in [6.45, 7) is 6.76. The number of likely N-dealkylation sites (N-methyl/N-ethyl adjacent to an activating group) is 1. The lowest BCUT2D eigenvalue weighted by molar-refractivity contribution is 0.0188. The molecule has 1 heterocycles. The third kappa shape index (κ3) is 6.66. The molecular formula is C13H28N2O3. The van der Waals surface area contributed by atoms with Gasteiger partial charge < -0.3 is 19.5 Å². The Morgan fingerprint density at radius 2 is 1.83 bits per heavy atom. The van der Waals surface area contributed by atoms with E-state index in [2.05, 4.69) is 10.2 Å². The number of rotatable bonds is 11. The molecule has 0 bridgehead atoms. The van der Waals surface area contributed by atoms with Crippen LogP contribution in [0.3, 0.4) is 0 Å². The van der Waals surface area contributed by atoms with Gasteiger partial charge in [-0.1, -0.05) is 0 Å². The number of nitrogens with one attached hydrogen (secondary N) is 1. The van der Waals surface area contributed by atoms with E-state index >= 15 is 0 Å². The monoisotopic (exact) mass is 260 g/mol. The number of hydrogen-bond donors (Lipinski definition) is 1. The normalized spacial score (nSPS) is 20.7. The Kier molecular flexibility index (Phi) is 9.42. The van der Waals surface area contributed by atoms with E-state index in [-0.39, 0.29) is 0 Å². The Labute approximate surface area is 111 Å². The van der Waals surface area contributed by atoms with Crippen LogP contribution in [-0.4, -0.2) is 77.8 Å². The first-order valence-corrected chi connectivity index (χ1v) is 6.91. The predicted molar refractivity (Wildman–Crippen MR) is 72.0 cm³/mol. The molecule has 1 rings (SSSR count). The standard InChI is InChI=1S/C13H28N2O3/c1-14-12-13-4-3-5-15(13)6-7-17-10-11-18-9-8-16-2/h13-14H,3-12H2,1-2H3. The molecule has 0 aliphatic carbocycles. The molecule has 0 radical (unpaired) electrons. The molecule has 0 saturated carbocycles. The van der Waals surface area contributed by atoms with Gasteiger partial charge in [-0.2, -0.15) is 0 Å². The van der Waals surface area contributed by atoms with E-state index in [1.807, 2.05) is 7.05 Å². The fourth-order valence-electron chi connectivity index (χ4n) is 2.30. The summed E-state index contributed by atoms with van der Waals surface area (Å²) >= 11 is 0. The first kappa shape index (κ1) is 15.9. The van der Waals surface area contributed by atoms with Crippen LogP contribution in [0.15, 0.2) is 0 Å². The fraction of sp³-hybridized carbons (Fsp3) is 1.00. The topological polar surface area (TPSA) is 43.0 Å². The third-order valence-electron chi connectivity index (χ3n) is 3.27. The van der Waals surface area contributed by atoms with Gasteiger partial charge in [0, 0.05) is 26.2 Å². The maximum Gasteiger partial charge on any atom is 0.0701 e. The number of hydrogen-bond acceptors (Lipinski definition) is 5. The summed E-state index contributed by atoms with van der Waals surface area (Å²) in [5, 5.41) is 3.26. The Morgan fingerprint density at radius 1 is 1.11 bits per heavy atom. The van der Waals surface area contributed by atoms with Crippen LogP contribution >= 0.6 is 0 Å². The number of likely N-dealkylation sites (tertiary alicyclic amines) is 1. The number of nitrogens with zero attached hydrogens (tertiary/aromatic N) is 1. The maximum atomic E-state index is 5.57. The van der Waals surface area contributed by atoms with E-state index < -0.39 is 0 Å². The first-order valence-electron chi connectivity index (χ1n) is 6.91. The van der Waals surface area contributed by atoms with Crippen LogP contribution in [0.25, 0.3) is 0 Å². The van der Waals surface area contributed by atoms with Crippen molar-refractivity contribution in [1.82, 2.24) is 10.2 Å². The minimum atomic E-state index is 0.649. The largest absolute Gasteiger partial charge is 0.382 e. The number of methoxy groups -OCH3 is 1. The average molecular weight is 260 g/mol. The highest BCUT2D eigenvalue weighted by molar-refractivity contribution is 4.80. The molecule has 18 heavy (non-hydrogen) atoms. The second-order valence-corrected chi connectivity index (χ2v) is 4.61. The molecular weight excluding hydrogens is 232 g/mol. The van der Waals surface area contributed by atoms with Gasteiger partial charge in [0.25, 0.3) is 0 Å². The van der Waals surface area contributed by atoms with Crippen molar-refractivity contribution in [2.24, 2.45) is 0 Å². The van der Waals surface area contributed by atoms with Crippen molar-refractivity contribution in [3.8, 4) is 0 Å². The first-order chi connectivity index (χ1) is 8.88. The van der Waals surface area contributed by atoms with E-state index in [0.29, 0.717) is 32.5 Å². The summed E-state index contributed by atoms with van der Waals surface area (Å²) in [6, 6.07) is 0.691. The summed E-state index contributed by atoms with van der Waals surface area (Å²) in [6.07, 6.45) is 2.62. The molecule has 0 aromatic rings. The second-order valence-electron chi connectivity index (χ2n) is 4.61. The molecule has 1 aliphatic rings. The second kappa shape index (κ2) is 10.7. The van der Waals surface area contributed by atoms with Crippen LogP contribution in [-0.2, 0) is 14.2 Å². The average Bonchev–Trinajstić information content (AvgIpc) is 2.81. The lowest BCUT2D eigenvalue weighted by atomic mass is 10.2. The van der Waals surface area contributed by atoms with Crippen LogP contribution in [0.2, 0.25) is 0 Å². The summed E-state index contributed by atoms with van der Waals surface area (Å²) < 4.78 is 15.8. The smallest absolute Gasteiger partial charge is 0.0701 e. The highest BCUT2D eigenvalue weighted by Gasteiger charge is 2.22. The Morgan fingerprint density at radius 3 is 2.56 bits per heavy atom. The maximum absolute atomic E-state index is 5.57. The SMILES string of the molecule is CNCC1CCCN1CCOCCOCCOC. The van der Waals surface area contributed by atoms with E-state index in [9.17, 15) is 0 Å². The minimum Gasteiger partial charge on any atom is -0.382 e. The molecule has 0 aromatic carbocycles. The highest BCUT2D eigenvalue weighted by atomic mass is 16.5. The molecule has 5 nitrogen and oxygen atoms in total. The Bertz CT molecular complexity index is 193. The Hall–Kier alpha value is -0.200. The fourth-order valence-corrected chi connectivity index (χ4v) is 2.30. The van der Waals surface area contributed by atoms with Crippen LogP contribution in [0.4, 0.5) is 0 Å².